The number of aromatic amines is 1. The fourth-order valence-corrected chi connectivity index (χ4v) is 4.18. The van der Waals surface area contributed by atoms with Gasteiger partial charge in [0.05, 0.1) is 5.92 Å². The van der Waals surface area contributed by atoms with Crippen molar-refractivity contribution in [1.82, 2.24) is 14.9 Å². The van der Waals surface area contributed by atoms with Crippen molar-refractivity contribution in [2.75, 3.05) is 18.4 Å². The van der Waals surface area contributed by atoms with E-state index < -0.39 is 0 Å². The monoisotopic (exact) mass is 382 g/mol. The molecular weight excluding hydrogens is 360 g/mol. The molecule has 6 nitrogen and oxygen atoms in total. The fourth-order valence-electron chi connectivity index (χ4n) is 3.65. The maximum atomic E-state index is 12.7. The molecule has 2 amide bonds. The Morgan fingerprint density at radius 2 is 2.22 bits per heavy atom. The van der Waals surface area contributed by atoms with Crippen LogP contribution < -0.4 is 5.32 Å². The summed E-state index contributed by atoms with van der Waals surface area (Å²) >= 11 is 1.40. The zero-order valence-electron chi connectivity index (χ0n) is 15.0. The van der Waals surface area contributed by atoms with Gasteiger partial charge in [0.25, 0.3) is 0 Å². The van der Waals surface area contributed by atoms with Crippen LogP contribution in [0.3, 0.4) is 0 Å². The van der Waals surface area contributed by atoms with E-state index >= 15 is 0 Å². The molecule has 0 aliphatic carbocycles. The van der Waals surface area contributed by atoms with Crippen molar-refractivity contribution in [3.63, 3.8) is 0 Å². The number of aromatic nitrogens is 2. The van der Waals surface area contributed by atoms with Crippen molar-refractivity contribution in [1.29, 1.82) is 0 Å². The van der Waals surface area contributed by atoms with E-state index in [2.05, 4.69) is 21.4 Å². The molecule has 3 aromatic rings. The van der Waals surface area contributed by atoms with Crippen LogP contribution in [0, 0.1) is 5.92 Å². The number of carbonyl (C=O) groups excluding carboxylic acids is 2. The smallest absolute Gasteiger partial charge is 0.231 e. The second-order valence-corrected chi connectivity index (χ2v) is 7.76. The van der Waals surface area contributed by atoms with Gasteiger partial charge < -0.3 is 15.2 Å². The number of hydrogen-bond acceptors (Lipinski definition) is 4. The zero-order valence-corrected chi connectivity index (χ0v) is 15.8. The lowest BCUT2D eigenvalue weighted by molar-refractivity contribution is -0.134. The Labute approximate surface area is 161 Å². The molecule has 1 aliphatic heterocycles. The number of nitrogens with one attached hydrogen (secondary N) is 2. The number of piperidine rings is 1. The molecule has 2 N–H and O–H groups in total. The average molecular weight is 382 g/mol. The number of aryl methyl sites for hydroxylation is 1. The second-order valence-electron chi connectivity index (χ2n) is 6.86. The average Bonchev–Trinajstić information content (AvgIpc) is 3.36. The van der Waals surface area contributed by atoms with Crippen LogP contribution in [0.25, 0.3) is 10.9 Å². The van der Waals surface area contributed by atoms with Crippen molar-refractivity contribution in [3.05, 3.63) is 47.6 Å². The summed E-state index contributed by atoms with van der Waals surface area (Å²) < 4.78 is 0. The molecule has 27 heavy (non-hydrogen) atoms. The third-order valence-electron chi connectivity index (χ3n) is 5.09. The maximum absolute atomic E-state index is 12.7. The third-order valence-corrected chi connectivity index (χ3v) is 5.78. The molecule has 7 heteroatoms. The molecule has 0 unspecified atom stereocenters. The van der Waals surface area contributed by atoms with Gasteiger partial charge in [-0.25, -0.2) is 4.98 Å². The van der Waals surface area contributed by atoms with Crippen LogP contribution in [-0.4, -0.2) is 39.8 Å². The van der Waals surface area contributed by atoms with Gasteiger partial charge in [0.1, 0.15) is 0 Å². The standard InChI is InChI=1S/C20H22N4O2S/c25-18(8-7-14-12-22-17-6-2-1-5-16(14)17)24-10-3-4-15(13-24)19(26)23-20-21-9-11-27-20/h1-2,5-6,9,11-12,15,22H,3-4,7-8,10,13H2,(H,21,23,26)/t15-/m1/s1. The minimum absolute atomic E-state index is 0.0425. The highest BCUT2D eigenvalue weighted by atomic mass is 32.1. The second kappa shape index (κ2) is 7.92. The van der Waals surface area contributed by atoms with E-state index in [0.29, 0.717) is 24.5 Å². The van der Waals surface area contributed by atoms with Crippen LogP contribution in [0.15, 0.2) is 42.0 Å². The van der Waals surface area contributed by atoms with Crippen molar-refractivity contribution in [3.8, 4) is 0 Å². The van der Waals surface area contributed by atoms with Crippen molar-refractivity contribution in [2.24, 2.45) is 5.92 Å². The Balaban J connectivity index is 1.33. The number of nitrogens with zero attached hydrogens (tertiary/aromatic N) is 2. The summed E-state index contributed by atoms with van der Waals surface area (Å²) in [6.45, 7) is 1.22. The summed E-state index contributed by atoms with van der Waals surface area (Å²) in [4.78, 5) is 34.3. The van der Waals surface area contributed by atoms with Gasteiger partial charge in [0, 0.05) is 48.2 Å². The van der Waals surface area contributed by atoms with Gasteiger partial charge in [-0.1, -0.05) is 18.2 Å². The maximum Gasteiger partial charge on any atom is 0.231 e. The Hall–Kier alpha value is -2.67. The lowest BCUT2D eigenvalue weighted by atomic mass is 9.96. The van der Waals surface area contributed by atoms with E-state index in [1.54, 1.807) is 6.20 Å². The molecule has 1 fully saturated rings. The first-order valence-electron chi connectivity index (χ1n) is 9.24. The summed E-state index contributed by atoms with van der Waals surface area (Å²) in [5.74, 6) is -0.0919. The number of amides is 2. The van der Waals surface area contributed by atoms with Crippen LogP contribution in [0.2, 0.25) is 0 Å². The van der Waals surface area contributed by atoms with E-state index in [1.807, 2.05) is 34.7 Å². The molecule has 4 rings (SSSR count). The van der Waals surface area contributed by atoms with Crippen molar-refractivity contribution >= 4 is 39.2 Å². The topological polar surface area (TPSA) is 78.1 Å². The Morgan fingerprint density at radius 3 is 3.07 bits per heavy atom. The van der Waals surface area contributed by atoms with Gasteiger partial charge in [0.2, 0.25) is 11.8 Å². The number of carbonyl (C=O) groups is 2. The number of fused-ring (bicyclic) bond motifs is 1. The largest absolute Gasteiger partial charge is 0.361 e. The Bertz CT molecular complexity index is 935. The van der Waals surface area contributed by atoms with E-state index in [9.17, 15) is 9.59 Å². The fraction of sp³-hybridized carbons (Fsp3) is 0.350. The number of H-pyrrole nitrogens is 1. The van der Waals surface area contributed by atoms with Gasteiger partial charge in [0.15, 0.2) is 5.13 Å². The third kappa shape index (κ3) is 4.03. The first-order chi connectivity index (χ1) is 13.2. The Kier molecular flexibility index (Phi) is 5.20. The molecule has 0 saturated carbocycles. The van der Waals surface area contributed by atoms with Gasteiger partial charge in [-0.05, 0) is 30.9 Å². The summed E-state index contributed by atoms with van der Waals surface area (Å²) in [5, 5.41) is 6.47. The van der Waals surface area contributed by atoms with E-state index in [1.165, 1.54) is 16.7 Å². The van der Waals surface area contributed by atoms with Gasteiger partial charge in [-0.2, -0.15) is 0 Å². The number of likely N-dealkylation sites (tertiary alicyclic amines) is 1. The SMILES string of the molecule is O=C(Nc1nccs1)[C@@H]1CCCN(C(=O)CCc2c[nH]c3ccccc23)C1. The predicted octanol–water partition coefficient (Wildman–Crippen LogP) is 3.43. The number of hydrogen-bond donors (Lipinski definition) is 2. The molecule has 3 heterocycles. The molecule has 0 spiro atoms. The highest BCUT2D eigenvalue weighted by molar-refractivity contribution is 7.13. The van der Waals surface area contributed by atoms with Crippen molar-refractivity contribution < 1.29 is 9.59 Å². The van der Waals surface area contributed by atoms with Crippen LogP contribution in [0.5, 0.6) is 0 Å². The molecule has 1 atom stereocenters. The number of anilines is 1. The number of para-hydroxylation sites is 1. The molecule has 140 valence electrons. The minimum atomic E-state index is -0.167. The summed E-state index contributed by atoms with van der Waals surface area (Å²) in [7, 11) is 0. The Morgan fingerprint density at radius 1 is 1.33 bits per heavy atom. The summed E-state index contributed by atoms with van der Waals surface area (Å²) in [6, 6.07) is 8.12. The van der Waals surface area contributed by atoms with Crippen LogP contribution in [0.1, 0.15) is 24.8 Å². The van der Waals surface area contributed by atoms with Crippen LogP contribution in [-0.2, 0) is 16.0 Å². The number of thiazole rings is 1. The number of benzene rings is 1. The molecule has 1 aliphatic rings. The first-order valence-corrected chi connectivity index (χ1v) is 10.1. The van der Waals surface area contributed by atoms with E-state index in [-0.39, 0.29) is 17.7 Å². The molecular formula is C20H22N4O2S. The van der Waals surface area contributed by atoms with E-state index in [0.717, 1.165) is 30.5 Å². The highest BCUT2D eigenvalue weighted by Crippen LogP contribution is 2.22. The van der Waals surface area contributed by atoms with Gasteiger partial charge >= 0.3 is 0 Å². The van der Waals surface area contributed by atoms with Gasteiger partial charge in [-0.3, -0.25) is 9.59 Å². The van der Waals surface area contributed by atoms with Crippen LogP contribution >= 0.6 is 11.3 Å². The highest BCUT2D eigenvalue weighted by Gasteiger charge is 2.28. The molecule has 2 aromatic heterocycles. The van der Waals surface area contributed by atoms with E-state index in [4.69, 9.17) is 0 Å². The zero-order chi connectivity index (χ0) is 18.6. The first kappa shape index (κ1) is 17.7. The summed E-state index contributed by atoms with van der Waals surface area (Å²) in [5.41, 5.74) is 2.26. The molecule has 0 radical (unpaired) electrons. The predicted molar refractivity (Wildman–Crippen MR) is 107 cm³/mol. The summed E-state index contributed by atoms with van der Waals surface area (Å²) in [6.07, 6.45) is 6.48. The number of rotatable bonds is 5. The lowest BCUT2D eigenvalue weighted by Crippen LogP contribution is -2.43. The van der Waals surface area contributed by atoms with Crippen LogP contribution in [0.4, 0.5) is 5.13 Å². The normalized spacial score (nSPS) is 17.2. The molecule has 1 saturated heterocycles. The molecule has 1 aromatic carbocycles. The van der Waals surface area contributed by atoms with Crippen molar-refractivity contribution in [2.45, 2.75) is 25.7 Å². The lowest BCUT2D eigenvalue weighted by Gasteiger charge is -2.32. The molecule has 0 bridgehead atoms. The van der Waals surface area contributed by atoms with Gasteiger partial charge in [-0.15, -0.1) is 11.3 Å². The quantitative estimate of drug-likeness (QED) is 0.710. The minimum Gasteiger partial charge on any atom is -0.361 e.